The first kappa shape index (κ1) is 16.5. The van der Waals surface area contributed by atoms with Crippen LogP contribution in [-0.2, 0) is 4.79 Å². The van der Waals surface area contributed by atoms with Gasteiger partial charge in [0.1, 0.15) is 9.88 Å². The molecule has 0 fully saturated rings. The predicted octanol–water partition coefficient (Wildman–Crippen LogP) is 3.12. The highest BCUT2D eigenvalue weighted by molar-refractivity contribution is 8.00. The van der Waals surface area contributed by atoms with Crippen LogP contribution < -0.4 is 5.32 Å². The summed E-state index contributed by atoms with van der Waals surface area (Å²) < 4.78 is 0. The number of nitrogens with zero attached hydrogens (tertiary/aromatic N) is 1. The highest BCUT2D eigenvalue weighted by atomic mass is 32.2. The summed E-state index contributed by atoms with van der Waals surface area (Å²) in [6.07, 6.45) is 0. The van der Waals surface area contributed by atoms with Crippen LogP contribution in [0.25, 0.3) is 0 Å². The van der Waals surface area contributed by atoms with Gasteiger partial charge in [-0.3, -0.25) is 4.79 Å². The molecule has 0 bridgehead atoms. The molecule has 0 saturated heterocycles. The minimum atomic E-state index is -0.987. The first-order valence-corrected chi connectivity index (χ1v) is 8.45. The van der Waals surface area contributed by atoms with Crippen LogP contribution in [0.2, 0.25) is 0 Å². The Kier molecular flexibility index (Phi) is 5.57. The number of carbonyl (C=O) groups is 2. The minimum Gasteiger partial charge on any atom is -0.477 e. The van der Waals surface area contributed by atoms with Gasteiger partial charge in [-0.15, -0.1) is 23.1 Å². The molecule has 22 heavy (non-hydrogen) atoms. The van der Waals surface area contributed by atoms with E-state index in [0.29, 0.717) is 16.5 Å². The highest BCUT2D eigenvalue weighted by Crippen LogP contribution is 2.24. The zero-order valence-electron chi connectivity index (χ0n) is 12.2. The third-order valence-corrected chi connectivity index (χ3v) is 5.21. The van der Waals surface area contributed by atoms with Crippen molar-refractivity contribution in [2.45, 2.75) is 24.8 Å². The van der Waals surface area contributed by atoms with Gasteiger partial charge in [-0.25, -0.2) is 9.78 Å². The van der Waals surface area contributed by atoms with Crippen molar-refractivity contribution in [2.24, 2.45) is 0 Å². The Hall–Kier alpha value is -1.86. The van der Waals surface area contributed by atoms with Gasteiger partial charge in [0.25, 0.3) is 0 Å². The molecule has 0 aliphatic rings. The second kappa shape index (κ2) is 7.42. The molecule has 2 N–H and O–H groups in total. The van der Waals surface area contributed by atoms with Crippen molar-refractivity contribution in [1.29, 1.82) is 0 Å². The largest absolute Gasteiger partial charge is 0.477 e. The van der Waals surface area contributed by atoms with Gasteiger partial charge >= 0.3 is 5.97 Å². The number of carboxylic acid groups (broad SMARTS) is 1. The molecule has 116 valence electrons. The number of aryl methyl sites for hydroxylation is 1. The fourth-order valence-corrected chi connectivity index (χ4v) is 3.45. The monoisotopic (exact) mass is 336 g/mol. The van der Waals surface area contributed by atoms with Crippen LogP contribution in [-0.4, -0.2) is 27.7 Å². The number of carbonyl (C=O) groups excluding carboxylic acids is 1. The number of aromatic carboxylic acids is 1. The number of nitrogens with one attached hydrogen (secondary N) is 1. The van der Waals surface area contributed by atoms with Crippen LogP contribution in [0, 0.1) is 6.92 Å². The van der Waals surface area contributed by atoms with Crippen LogP contribution in [0.5, 0.6) is 0 Å². The van der Waals surface area contributed by atoms with Gasteiger partial charge < -0.3 is 10.4 Å². The number of amides is 1. The number of aromatic nitrogens is 1. The maximum atomic E-state index is 12.0. The van der Waals surface area contributed by atoms with Crippen molar-refractivity contribution >= 4 is 35.0 Å². The molecule has 0 aliphatic heterocycles. The van der Waals surface area contributed by atoms with Gasteiger partial charge in [0.05, 0.1) is 17.5 Å². The summed E-state index contributed by atoms with van der Waals surface area (Å²) in [5, 5.41) is 12.5. The van der Waals surface area contributed by atoms with E-state index in [2.05, 4.69) is 10.3 Å². The number of thioether (sulfide) groups is 1. The normalized spacial score (nSPS) is 11.9. The van der Waals surface area contributed by atoms with E-state index in [9.17, 15) is 9.59 Å². The maximum absolute atomic E-state index is 12.0. The zero-order valence-corrected chi connectivity index (χ0v) is 13.8. The SMILES string of the molecule is Cc1nc(C(C)NC(=O)CSc2ccccc2)sc1C(=O)O. The molecule has 0 spiro atoms. The van der Waals surface area contributed by atoms with Gasteiger partial charge in [0, 0.05) is 4.90 Å². The van der Waals surface area contributed by atoms with Gasteiger partial charge in [-0.2, -0.15) is 0 Å². The topological polar surface area (TPSA) is 79.3 Å². The molecular weight excluding hydrogens is 320 g/mol. The number of thiazole rings is 1. The first-order valence-electron chi connectivity index (χ1n) is 6.65. The zero-order chi connectivity index (χ0) is 16.1. The lowest BCUT2D eigenvalue weighted by Gasteiger charge is -2.11. The molecule has 2 aromatic rings. The number of rotatable bonds is 6. The standard InChI is InChI=1S/C15H16N2O3S2/c1-9-13(15(19)20)22-14(17-9)10(2)16-12(18)8-21-11-6-4-3-5-7-11/h3-7,10H,8H2,1-2H3,(H,16,18)(H,19,20). The molecule has 5 nitrogen and oxygen atoms in total. The van der Waals surface area contributed by atoms with Crippen LogP contribution in [0.15, 0.2) is 35.2 Å². The van der Waals surface area contributed by atoms with Crippen molar-refractivity contribution < 1.29 is 14.7 Å². The molecule has 0 aliphatic carbocycles. The van der Waals surface area contributed by atoms with E-state index in [1.165, 1.54) is 11.8 Å². The summed E-state index contributed by atoms with van der Waals surface area (Å²) in [6, 6.07) is 9.37. The molecule has 2 rings (SSSR count). The van der Waals surface area contributed by atoms with Gasteiger partial charge in [-0.1, -0.05) is 18.2 Å². The summed E-state index contributed by atoms with van der Waals surface area (Å²) in [7, 11) is 0. The van der Waals surface area contributed by atoms with Crippen molar-refractivity contribution in [2.75, 3.05) is 5.75 Å². The molecule has 1 aromatic heterocycles. The Morgan fingerprint density at radius 1 is 1.36 bits per heavy atom. The van der Waals surface area contributed by atoms with Crippen LogP contribution in [0.3, 0.4) is 0 Å². The molecule has 0 saturated carbocycles. The average molecular weight is 336 g/mol. The quantitative estimate of drug-likeness (QED) is 0.792. The third kappa shape index (κ3) is 4.32. The Labute approximate surface area is 136 Å². The van der Waals surface area contributed by atoms with Crippen molar-refractivity contribution in [1.82, 2.24) is 10.3 Å². The highest BCUT2D eigenvalue weighted by Gasteiger charge is 2.19. The van der Waals surface area contributed by atoms with E-state index in [-0.39, 0.29) is 16.8 Å². The number of carboxylic acids is 1. The molecule has 0 radical (unpaired) electrons. The summed E-state index contributed by atoms with van der Waals surface area (Å²) in [4.78, 5) is 28.4. The second-order valence-electron chi connectivity index (χ2n) is 4.66. The fraction of sp³-hybridized carbons (Fsp3) is 0.267. The molecule has 7 heteroatoms. The summed E-state index contributed by atoms with van der Waals surface area (Å²) in [5.41, 5.74) is 0.479. The fourth-order valence-electron chi connectivity index (χ4n) is 1.81. The van der Waals surface area contributed by atoms with Crippen molar-refractivity contribution in [3.8, 4) is 0 Å². The van der Waals surface area contributed by atoms with E-state index in [1.807, 2.05) is 30.3 Å². The Balaban J connectivity index is 1.91. The van der Waals surface area contributed by atoms with Gasteiger partial charge in [0.15, 0.2) is 0 Å². The Bertz CT molecular complexity index is 671. The van der Waals surface area contributed by atoms with Gasteiger partial charge in [-0.05, 0) is 26.0 Å². The van der Waals surface area contributed by atoms with E-state index in [0.717, 1.165) is 16.2 Å². The van der Waals surface area contributed by atoms with E-state index in [1.54, 1.807) is 13.8 Å². The van der Waals surface area contributed by atoms with E-state index < -0.39 is 5.97 Å². The lowest BCUT2D eigenvalue weighted by molar-refractivity contribution is -0.119. The number of hydrogen-bond acceptors (Lipinski definition) is 5. The maximum Gasteiger partial charge on any atom is 0.347 e. The average Bonchev–Trinajstić information content (AvgIpc) is 2.88. The molecule has 1 heterocycles. The molecule has 1 amide bonds. The lowest BCUT2D eigenvalue weighted by Crippen LogP contribution is -2.28. The summed E-state index contributed by atoms with van der Waals surface area (Å²) in [5.74, 6) is -0.782. The molecular formula is C15H16N2O3S2. The van der Waals surface area contributed by atoms with Crippen LogP contribution >= 0.6 is 23.1 Å². The van der Waals surface area contributed by atoms with E-state index >= 15 is 0 Å². The predicted molar refractivity (Wildman–Crippen MR) is 87.5 cm³/mol. The molecule has 1 unspecified atom stereocenters. The second-order valence-corrected chi connectivity index (χ2v) is 6.74. The van der Waals surface area contributed by atoms with E-state index in [4.69, 9.17) is 5.11 Å². The Morgan fingerprint density at radius 2 is 2.05 bits per heavy atom. The third-order valence-electron chi connectivity index (χ3n) is 2.87. The minimum absolute atomic E-state index is 0.105. The first-order chi connectivity index (χ1) is 10.5. The summed E-state index contributed by atoms with van der Waals surface area (Å²) in [6.45, 7) is 3.46. The number of hydrogen-bond donors (Lipinski definition) is 2. The van der Waals surface area contributed by atoms with Crippen LogP contribution in [0.1, 0.15) is 33.3 Å². The smallest absolute Gasteiger partial charge is 0.347 e. The van der Waals surface area contributed by atoms with Crippen molar-refractivity contribution in [3.63, 3.8) is 0 Å². The molecule has 1 atom stereocenters. The van der Waals surface area contributed by atoms with Gasteiger partial charge in [0.2, 0.25) is 5.91 Å². The van der Waals surface area contributed by atoms with Crippen LogP contribution in [0.4, 0.5) is 0 Å². The Morgan fingerprint density at radius 3 is 2.64 bits per heavy atom. The number of benzene rings is 1. The molecule has 1 aromatic carbocycles. The summed E-state index contributed by atoms with van der Waals surface area (Å²) >= 11 is 2.56. The lowest BCUT2D eigenvalue weighted by atomic mass is 10.3. The van der Waals surface area contributed by atoms with Crippen molar-refractivity contribution in [3.05, 3.63) is 45.9 Å².